The van der Waals surface area contributed by atoms with Gasteiger partial charge in [-0.15, -0.1) is 0 Å². The van der Waals surface area contributed by atoms with Crippen molar-refractivity contribution in [1.29, 1.82) is 0 Å². The van der Waals surface area contributed by atoms with Gasteiger partial charge in [0.05, 0.1) is 0 Å². The molecule has 0 radical (unpaired) electrons. The Kier molecular flexibility index (Phi) is 5.95. The highest BCUT2D eigenvalue weighted by Gasteiger charge is 2.25. The maximum absolute atomic E-state index is 2.73. The Labute approximate surface area is 164 Å². The van der Waals surface area contributed by atoms with Crippen molar-refractivity contribution >= 4 is 28.6 Å². The zero-order valence-electron chi connectivity index (χ0n) is 16.0. The molecule has 0 nitrogen and oxygen atoms in total. The van der Waals surface area contributed by atoms with Crippen molar-refractivity contribution in [2.45, 2.75) is 38.5 Å². The Balaban J connectivity index is 1.91. The summed E-state index contributed by atoms with van der Waals surface area (Å²) in [4.78, 5) is 0. The van der Waals surface area contributed by atoms with Gasteiger partial charge in [-0.1, -0.05) is 129 Å². The number of hydrogen-bond acceptors (Lipinski definition) is 0. The van der Waals surface area contributed by atoms with Crippen LogP contribution in [0.4, 0.5) is 0 Å². The molecule has 0 atom stereocenters. The molecule has 4 rings (SSSR count). The van der Waals surface area contributed by atoms with Crippen LogP contribution >= 0.6 is 6.89 Å². The molecule has 0 bridgehead atoms. The van der Waals surface area contributed by atoms with Crippen molar-refractivity contribution in [3.63, 3.8) is 0 Å². The molecule has 1 heteroatoms. The highest BCUT2D eigenvalue weighted by Crippen LogP contribution is 2.44. The van der Waals surface area contributed by atoms with Gasteiger partial charge < -0.3 is 0 Å². The quantitative estimate of drug-likeness (QED) is 0.500. The van der Waals surface area contributed by atoms with Gasteiger partial charge in [-0.05, 0) is 35.1 Å². The smallest absolute Gasteiger partial charge is 0.0163 e. The van der Waals surface area contributed by atoms with Gasteiger partial charge in [0.15, 0.2) is 0 Å². The van der Waals surface area contributed by atoms with Crippen LogP contribution in [0.3, 0.4) is 0 Å². The van der Waals surface area contributed by atoms with Crippen molar-refractivity contribution in [3.8, 4) is 0 Å². The third kappa shape index (κ3) is 3.97. The van der Waals surface area contributed by atoms with Crippen LogP contribution < -0.4 is 15.9 Å². The van der Waals surface area contributed by atoms with E-state index in [0.717, 1.165) is 5.92 Å². The normalized spacial score (nSPS) is 15.4. The second kappa shape index (κ2) is 8.77. The second-order valence-electron chi connectivity index (χ2n) is 7.65. The molecule has 0 aromatic heterocycles. The Morgan fingerprint density at radius 3 is 1.41 bits per heavy atom. The SMILES string of the molecule is C(CC1CCCCC1)=P(c1ccccc1)(c1ccccc1)c1ccccc1. The molecule has 1 aliphatic rings. The van der Waals surface area contributed by atoms with Crippen LogP contribution in [0.2, 0.25) is 0 Å². The van der Waals surface area contributed by atoms with Gasteiger partial charge in [-0.25, -0.2) is 0 Å². The first-order valence-corrected chi connectivity index (χ1v) is 12.2. The molecule has 3 aromatic rings. The first-order chi connectivity index (χ1) is 13.4. The molecule has 1 saturated carbocycles. The lowest BCUT2D eigenvalue weighted by Crippen LogP contribution is -2.27. The summed E-state index contributed by atoms with van der Waals surface area (Å²) in [5.74, 6) is 3.58. The zero-order valence-corrected chi connectivity index (χ0v) is 16.9. The molecule has 0 unspecified atom stereocenters. The van der Waals surface area contributed by atoms with Crippen molar-refractivity contribution in [1.82, 2.24) is 0 Å². The fourth-order valence-electron chi connectivity index (χ4n) is 4.48. The summed E-state index contributed by atoms with van der Waals surface area (Å²) in [6.07, 6.45) is 8.26. The van der Waals surface area contributed by atoms with E-state index >= 15 is 0 Å². The summed E-state index contributed by atoms with van der Waals surface area (Å²) in [6.45, 7) is -1.74. The van der Waals surface area contributed by atoms with Gasteiger partial charge in [0.2, 0.25) is 0 Å². The first kappa shape index (κ1) is 18.3. The number of rotatable bonds is 5. The van der Waals surface area contributed by atoms with E-state index in [0.29, 0.717) is 0 Å². The first-order valence-electron chi connectivity index (χ1n) is 10.3. The number of hydrogen-bond donors (Lipinski definition) is 0. The molecule has 0 aliphatic heterocycles. The lowest BCUT2D eigenvalue weighted by atomic mass is 9.88. The molecular weight excluding hydrogens is 343 g/mol. The van der Waals surface area contributed by atoms with Gasteiger partial charge in [0, 0.05) is 0 Å². The topological polar surface area (TPSA) is 0 Å². The molecule has 0 amide bonds. The van der Waals surface area contributed by atoms with Gasteiger partial charge in [-0.3, -0.25) is 0 Å². The van der Waals surface area contributed by atoms with Gasteiger partial charge in [-0.2, -0.15) is 0 Å². The van der Waals surface area contributed by atoms with Gasteiger partial charge in [0.1, 0.15) is 0 Å². The van der Waals surface area contributed by atoms with E-state index in [-0.39, 0.29) is 0 Å². The van der Waals surface area contributed by atoms with E-state index in [1.807, 2.05) is 0 Å². The summed E-state index contributed by atoms with van der Waals surface area (Å²) < 4.78 is 0. The van der Waals surface area contributed by atoms with Gasteiger partial charge >= 0.3 is 0 Å². The average Bonchev–Trinajstić information content (AvgIpc) is 2.77. The van der Waals surface area contributed by atoms with Crippen molar-refractivity contribution in [2.75, 3.05) is 0 Å². The second-order valence-corrected chi connectivity index (χ2v) is 11.0. The lowest BCUT2D eigenvalue weighted by Gasteiger charge is -2.30. The Morgan fingerprint density at radius 2 is 1.00 bits per heavy atom. The summed E-state index contributed by atoms with van der Waals surface area (Å²) in [5, 5.41) is 4.41. The largest absolute Gasteiger partial charge is 0.0740 e. The molecule has 0 saturated heterocycles. The van der Waals surface area contributed by atoms with Crippen LogP contribution in [0, 0.1) is 5.92 Å². The van der Waals surface area contributed by atoms with Gasteiger partial charge in [0.25, 0.3) is 0 Å². The van der Waals surface area contributed by atoms with E-state index in [1.165, 1.54) is 54.4 Å². The van der Waals surface area contributed by atoms with Crippen LogP contribution in [0.5, 0.6) is 0 Å². The Hall–Kier alpha value is -2.04. The molecule has 1 aliphatic carbocycles. The lowest BCUT2D eigenvalue weighted by molar-refractivity contribution is 0.370. The minimum absolute atomic E-state index is 0.856. The van der Waals surface area contributed by atoms with Crippen molar-refractivity contribution in [2.24, 2.45) is 5.92 Å². The Bertz CT molecular complexity index is 772. The summed E-state index contributed by atoms with van der Waals surface area (Å²) >= 11 is 0. The molecule has 0 heterocycles. The van der Waals surface area contributed by atoms with Crippen LogP contribution in [0.15, 0.2) is 91.0 Å². The monoisotopic (exact) mass is 372 g/mol. The standard InChI is InChI=1S/C26H29P/c1-5-13-23(14-6-1)21-22-27(24-15-7-2-8-16-24,25-17-9-3-10-18-25)26-19-11-4-12-20-26/h2-4,7-12,15-20,22-23H,1,5-6,13-14,21H2. The molecule has 0 spiro atoms. The van der Waals surface area contributed by atoms with E-state index in [2.05, 4.69) is 96.8 Å². The maximum atomic E-state index is 2.73. The molecule has 3 aromatic carbocycles. The Morgan fingerprint density at radius 1 is 0.593 bits per heavy atom. The van der Waals surface area contributed by atoms with E-state index in [4.69, 9.17) is 0 Å². The zero-order chi connectivity index (χ0) is 18.4. The van der Waals surface area contributed by atoms with Crippen molar-refractivity contribution < 1.29 is 0 Å². The average molecular weight is 372 g/mol. The van der Waals surface area contributed by atoms with Crippen LogP contribution in [-0.2, 0) is 0 Å². The summed E-state index contributed by atoms with van der Waals surface area (Å²) in [7, 11) is 0. The van der Waals surface area contributed by atoms with E-state index < -0.39 is 6.89 Å². The molecular formula is C26H29P. The predicted molar refractivity (Wildman–Crippen MR) is 122 cm³/mol. The van der Waals surface area contributed by atoms with Crippen LogP contribution in [0.1, 0.15) is 38.5 Å². The van der Waals surface area contributed by atoms with E-state index in [1.54, 1.807) is 0 Å². The fraction of sp³-hybridized carbons (Fsp3) is 0.269. The molecule has 1 fully saturated rings. The summed E-state index contributed by atoms with van der Waals surface area (Å²) in [5.41, 5.74) is 0. The minimum Gasteiger partial charge on any atom is -0.0740 e. The van der Waals surface area contributed by atoms with Crippen LogP contribution in [0.25, 0.3) is 0 Å². The third-order valence-electron chi connectivity index (χ3n) is 5.93. The number of benzene rings is 3. The predicted octanol–water partition coefficient (Wildman–Crippen LogP) is 5.75. The maximum Gasteiger partial charge on any atom is -0.0163 e. The third-order valence-corrected chi connectivity index (χ3v) is 10.0. The highest BCUT2D eigenvalue weighted by atomic mass is 31.2. The molecule has 138 valence electrons. The highest BCUT2D eigenvalue weighted by molar-refractivity contribution is 7.94. The molecule has 0 N–H and O–H groups in total. The molecule has 27 heavy (non-hydrogen) atoms. The van der Waals surface area contributed by atoms with E-state index in [9.17, 15) is 0 Å². The minimum atomic E-state index is -1.74. The van der Waals surface area contributed by atoms with Crippen LogP contribution in [-0.4, -0.2) is 5.80 Å². The van der Waals surface area contributed by atoms with Crippen molar-refractivity contribution in [3.05, 3.63) is 91.0 Å². The summed E-state index contributed by atoms with van der Waals surface area (Å²) in [6, 6.07) is 33.6. The fourth-order valence-corrected chi connectivity index (χ4v) is 8.55.